The van der Waals surface area contributed by atoms with Crippen LogP contribution in [0.4, 0.5) is 5.69 Å². The molecule has 1 atom stereocenters. The Hall–Kier alpha value is -1.91. The molecule has 0 fully saturated rings. The lowest BCUT2D eigenvalue weighted by Gasteiger charge is -2.26. The summed E-state index contributed by atoms with van der Waals surface area (Å²) in [6.45, 7) is 0.503. The van der Waals surface area contributed by atoms with Gasteiger partial charge in [0.25, 0.3) is 5.91 Å². The van der Waals surface area contributed by atoms with Crippen molar-refractivity contribution in [3.8, 4) is 0 Å². The first-order valence-electron chi connectivity index (χ1n) is 7.40. The highest BCUT2D eigenvalue weighted by molar-refractivity contribution is 6.31. The minimum absolute atomic E-state index is 0.0260. The highest BCUT2D eigenvalue weighted by Crippen LogP contribution is 2.38. The molecule has 2 aromatic rings. The molecular formula is C17H15ClN2O2. The molecule has 5 heteroatoms. The van der Waals surface area contributed by atoms with Crippen LogP contribution in [-0.4, -0.2) is 16.0 Å². The van der Waals surface area contributed by atoms with E-state index in [4.69, 9.17) is 11.6 Å². The number of benzene rings is 1. The fraction of sp³-hybridized carbons (Fsp3) is 0.294. The van der Waals surface area contributed by atoms with Gasteiger partial charge in [-0.25, -0.2) is 0 Å². The average Bonchev–Trinajstić information content (AvgIpc) is 2.83. The maximum Gasteiger partial charge on any atom is 0.258 e. The minimum atomic E-state index is -0.481. The largest absolute Gasteiger partial charge is 0.388 e. The van der Waals surface area contributed by atoms with Crippen LogP contribution in [0.25, 0.3) is 0 Å². The van der Waals surface area contributed by atoms with Gasteiger partial charge < -0.3 is 10.0 Å². The molecule has 0 saturated carbocycles. The maximum absolute atomic E-state index is 12.7. The van der Waals surface area contributed by atoms with Crippen molar-refractivity contribution < 1.29 is 9.90 Å². The van der Waals surface area contributed by atoms with Gasteiger partial charge in [0.2, 0.25) is 0 Å². The summed E-state index contributed by atoms with van der Waals surface area (Å²) < 4.78 is 0. The van der Waals surface area contributed by atoms with E-state index in [1.807, 2.05) is 6.07 Å². The van der Waals surface area contributed by atoms with Gasteiger partial charge in [-0.1, -0.05) is 11.6 Å². The lowest BCUT2D eigenvalue weighted by atomic mass is 9.89. The molecule has 1 aromatic carbocycles. The van der Waals surface area contributed by atoms with E-state index in [0.29, 0.717) is 17.1 Å². The molecule has 112 valence electrons. The summed E-state index contributed by atoms with van der Waals surface area (Å²) in [5, 5.41) is 10.8. The Labute approximate surface area is 133 Å². The molecule has 2 aliphatic rings. The quantitative estimate of drug-likeness (QED) is 0.879. The van der Waals surface area contributed by atoms with Crippen LogP contribution < -0.4 is 4.90 Å². The number of halogens is 1. The zero-order valence-electron chi connectivity index (χ0n) is 11.9. The number of amides is 1. The molecule has 22 heavy (non-hydrogen) atoms. The molecule has 1 aliphatic heterocycles. The first-order valence-corrected chi connectivity index (χ1v) is 7.78. The van der Waals surface area contributed by atoms with Crippen molar-refractivity contribution in [2.24, 2.45) is 0 Å². The van der Waals surface area contributed by atoms with E-state index in [-0.39, 0.29) is 5.91 Å². The van der Waals surface area contributed by atoms with Crippen LogP contribution in [0.1, 0.15) is 46.0 Å². The highest BCUT2D eigenvalue weighted by atomic mass is 35.5. The van der Waals surface area contributed by atoms with Gasteiger partial charge in [-0.2, -0.15) is 0 Å². The molecule has 0 radical (unpaired) electrons. The number of fused-ring (bicyclic) bond motifs is 2. The van der Waals surface area contributed by atoms with Gasteiger partial charge in [0.1, 0.15) is 0 Å². The standard InChI is InChI=1S/C17H15ClN2O2/c18-11-4-5-12-10(6-11)9-20(17(12)22)15-8-19-7-14-13(15)2-1-3-16(14)21/h4-8,16,21H,1-3,9H2/t16-/m0/s1. The summed E-state index contributed by atoms with van der Waals surface area (Å²) in [6, 6.07) is 5.36. The second-order valence-electron chi connectivity index (χ2n) is 5.83. The van der Waals surface area contributed by atoms with Gasteiger partial charge in [-0.05, 0) is 48.6 Å². The Bertz CT molecular complexity index is 775. The van der Waals surface area contributed by atoms with Gasteiger partial charge >= 0.3 is 0 Å². The van der Waals surface area contributed by atoms with Crippen LogP contribution in [0, 0.1) is 0 Å². The van der Waals surface area contributed by atoms with Crippen LogP contribution in [-0.2, 0) is 13.0 Å². The number of hydrogen-bond donors (Lipinski definition) is 1. The van der Waals surface area contributed by atoms with E-state index >= 15 is 0 Å². The fourth-order valence-electron chi connectivity index (χ4n) is 3.40. The first kappa shape index (κ1) is 13.7. The van der Waals surface area contributed by atoms with E-state index in [1.54, 1.807) is 29.4 Å². The van der Waals surface area contributed by atoms with Crippen LogP contribution in [0.3, 0.4) is 0 Å². The predicted molar refractivity (Wildman–Crippen MR) is 84.1 cm³/mol. The fourth-order valence-corrected chi connectivity index (χ4v) is 3.59. The third-order valence-corrected chi connectivity index (χ3v) is 4.73. The topological polar surface area (TPSA) is 53.4 Å². The molecule has 0 saturated heterocycles. The van der Waals surface area contributed by atoms with E-state index in [1.165, 1.54) is 0 Å². The summed E-state index contributed by atoms with van der Waals surface area (Å²) in [7, 11) is 0. The van der Waals surface area contributed by atoms with Crippen LogP contribution >= 0.6 is 11.6 Å². The monoisotopic (exact) mass is 314 g/mol. The smallest absolute Gasteiger partial charge is 0.258 e. The summed E-state index contributed by atoms with van der Waals surface area (Å²) in [4.78, 5) is 18.6. The molecule has 0 unspecified atom stereocenters. The molecule has 4 nitrogen and oxygen atoms in total. The number of nitrogens with zero attached hydrogens (tertiary/aromatic N) is 2. The van der Waals surface area contributed by atoms with Crippen molar-refractivity contribution in [3.63, 3.8) is 0 Å². The Kier molecular flexibility index (Phi) is 3.17. The maximum atomic E-state index is 12.7. The number of aliphatic hydroxyl groups excluding tert-OH is 1. The molecule has 4 rings (SSSR count). The van der Waals surface area contributed by atoms with Gasteiger partial charge in [0.05, 0.1) is 24.5 Å². The summed E-state index contributed by atoms with van der Waals surface area (Å²) in [5.41, 5.74) is 4.34. The molecule has 0 spiro atoms. The number of rotatable bonds is 1. The molecule has 1 aromatic heterocycles. The SMILES string of the molecule is O=C1c2ccc(Cl)cc2CN1c1cncc2c1CCC[C@@H]2O. The van der Waals surface area contributed by atoms with Crippen molar-refractivity contribution in [2.75, 3.05) is 4.90 Å². The van der Waals surface area contributed by atoms with Gasteiger partial charge in [-0.3, -0.25) is 9.78 Å². The van der Waals surface area contributed by atoms with Crippen molar-refractivity contribution in [2.45, 2.75) is 31.9 Å². The van der Waals surface area contributed by atoms with Crippen LogP contribution in [0.5, 0.6) is 0 Å². The second kappa shape index (κ2) is 5.07. The van der Waals surface area contributed by atoms with E-state index in [9.17, 15) is 9.90 Å². The second-order valence-corrected chi connectivity index (χ2v) is 6.26. The highest BCUT2D eigenvalue weighted by Gasteiger charge is 2.32. The normalized spacial score (nSPS) is 20.0. The lowest BCUT2D eigenvalue weighted by Crippen LogP contribution is -2.26. The number of pyridine rings is 1. The first-order chi connectivity index (χ1) is 10.6. The lowest BCUT2D eigenvalue weighted by molar-refractivity contribution is 0.0995. The van der Waals surface area contributed by atoms with Crippen LogP contribution in [0.2, 0.25) is 5.02 Å². The summed E-state index contributed by atoms with van der Waals surface area (Å²) in [6.07, 6.45) is 5.50. The molecule has 2 heterocycles. The zero-order valence-corrected chi connectivity index (χ0v) is 12.7. The predicted octanol–water partition coefficient (Wildman–Crippen LogP) is 3.27. The van der Waals surface area contributed by atoms with Crippen molar-refractivity contribution in [3.05, 3.63) is 57.9 Å². The summed E-state index contributed by atoms with van der Waals surface area (Å²) >= 11 is 6.02. The minimum Gasteiger partial charge on any atom is -0.388 e. The third kappa shape index (κ3) is 2.02. The van der Waals surface area contributed by atoms with E-state index in [2.05, 4.69) is 4.98 Å². The number of aromatic nitrogens is 1. The third-order valence-electron chi connectivity index (χ3n) is 4.49. The molecule has 1 N–H and O–H groups in total. The van der Waals surface area contributed by atoms with Crippen molar-refractivity contribution in [1.82, 2.24) is 4.98 Å². The molecule has 0 bridgehead atoms. The van der Waals surface area contributed by atoms with Crippen molar-refractivity contribution in [1.29, 1.82) is 0 Å². The van der Waals surface area contributed by atoms with Crippen molar-refractivity contribution >= 4 is 23.2 Å². The number of carbonyl (C=O) groups is 1. The van der Waals surface area contributed by atoms with E-state index < -0.39 is 6.10 Å². The number of aliphatic hydroxyl groups is 1. The molecule has 1 aliphatic carbocycles. The Morgan fingerprint density at radius 3 is 3.05 bits per heavy atom. The number of anilines is 1. The van der Waals surface area contributed by atoms with E-state index in [0.717, 1.165) is 41.6 Å². The average molecular weight is 315 g/mol. The Morgan fingerprint density at radius 2 is 2.18 bits per heavy atom. The van der Waals surface area contributed by atoms with Gasteiger partial charge in [0, 0.05) is 22.3 Å². The van der Waals surface area contributed by atoms with Gasteiger partial charge in [0.15, 0.2) is 0 Å². The van der Waals surface area contributed by atoms with Gasteiger partial charge in [-0.15, -0.1) is 0 Å². The molecular weight excluding hydrogens is 300 g/mol. The number of carbonyl (C=O) groups excluding carboxylic acids is 1. The van der Waals surface area contributed by atoms with Crippen LogP contribution in [0.15, 0.2) is 30.6 Å². The Morgan fingerprint density at radius 1 is 1.32 bits per heavy atom. The zero-order chi connectivity index (χ0) is 15.3. The number of hydrogen-bond acceptors (Lipinski definition) is 3. The summed E-state index contributed by atoms with van der Waals surface area (Å²) in [5.74, 6) is -0.0260. The Balaban J connectivity index is 1.79. The molecule has 1 amide bonds.